The van der Waals surface area contributed by atoms with Gasteiger partial charge in [-0.25, -0.2) is 8.42 Å². The summed E-state index contributed by atoms with van der Waals surface area (Å²) in [5.74, 6) is -0.845. The smallest absolute Gasteiger partial charge is 0.425 e. The van der Waals surface area contributed by atoms with Crippen molar-refractivity contribution in [2.45, 2.75) is 61.7 Å². The fraction of sp³-hybridized carbons (Fsp3) is 0.435. The second-order valence-corrected chi connectivity index (χ2v) is 11.0. The van der Waals surface area contributed by atoms with Crippen molar-refractivity contribution in [3.05, 3.63) is 52.5 Å². The molecule has 0 N–H and O–H groups in total. The molecule has 0 radical (unpaired) electrons. The highest BCUT2D eigenvalue weighted by molar-refractivity contribution is 7.90. The Labute approximate surface area is 195 Å². The fourth-order valence-electron chi connectivity index (χ4n) is 4.66. The van der Waals surface area contributed by atoms with Gasteiger partial charge in [0.05, 0.1) is 10.5 Å². The van der Waals surface area contributed by atoms with Crippen LogP contribution in [-0.2, 0) is 9.84 Å². The minimum atomic E-state index is -4.65. The van der Waals surface area contributed by atoms with Gasteiger partial charge in [-0.05, 0) is 61.7 Å². The number of halogens is 4. The Kier molecular flexibility index (Phi) is 6.16. The number of alkyl halides is 3. The molecule has 33 heavy (non-hydrogen) atoms. The van der Waals surface area contributed by atoms with Gasteiger partial charge in [0.1, 0.15) is 5.75 Å². The van der Waals surface area contributed by atoms with E-state index in [9.17, 15) is 26.4 Å². The van der Waals surface area contributed by atoms with Crippen LogP contribution in [0.5, 0.6) is 5.75 Å². The molecule has 1 amide bonds. The Morgan fingerprint density at radius 1 is 1.15 bits per heavy atom. The third-order valence-corrected chi connectivity index (χ3v) is 7.65. The lowest BCUT2D eigenvalue weighted by Crippen LogP contribution is -2.41. The number of anilines is 1. The third kappa shape index (κ3) is 4.57. The van der Waals surface area contributed by atoms with E-state index in [4.69, 9.17) is 16.3 Å². The molecule has 0 spiro atoms. The zero-order valence-electron chi connectivity index (χ0n) is 18.0. The van der Waals surface area contributed by atoms with E-state index in [-0.39, 0.29) is 28.2 Å². The van der Waals surface area contributed by atoms with Crippen molar-refractivity contribution in [1.29, 1.82) is 0 Å². The number of hydrogen-bond acceptors (Lipinski definition) is 4. The second-order valence-electron chi connectivity index (χ2n) is 8.57. The number of hydrogen-bond donors (Lipinski definition) is 0. The van der Waals surface area contributed by atoms with E-state index in [1.807, 2.05) is 6.07 Å². The number of ether oxygens (including phenoxy) is 1. The van der Waals surface area contributed by atoms with Crippen LogP contribution in [0.2, 0.25) is 5.02 Å². The highest BCUT2D eigenvalue weighted by atomic mass is 35.5. The first-order valence-corrected chi connectivity index (χ1v) is 12.9. The monoisotopic (exact) mass is 501 g/mol. The summed E-state index contributed by atoms with van der Waals surface area (Å²) in [6.07, 6.45) is -2.37. The molecule has 1 saturated carbocycles. The maximum atomic E-state index is 13.8. The van der Waals surface area contributed by atoms with Crippen molar-refractivity contribution in [2.24, 2.45) is 0 Å². The van der Waals surface area contributed by atoms with E-state index in [1.165, 1.54) is 0 Å². The van der Waals surface area contributed by atoms with Crippen molar-refractivity contribution in [3.63, 3.8) is 0 Å². The van der Waals surface area contributed by atoms with Crippen molar-refractivity contribution in [3.8, 4) is 5.75 Å². The van der Waals surface area contributed by atoms with Gasteiger partial charge in [-0.1, -0.05) is 24.4 Å². The Balaban J connectivity index is 1.82. The van der Waals surface area contributed by atoms with Crippen LogP contribution in [0.1, 0.15) is 54.4 Å². The molecule has 2 unspecified atom stereocenters. The van der Waals surface area contributed by atoms with Gasteiger partial charge in [0.2, 0.25) is 0 Å². The Hall–Kier alpha value is -2.26. The van der Waals surface area contributed by atoms with Gasteiger partial charge >= 0.3 is 6.18 Å². The number of carbonyl (C=O) groups is 1. The Morgan fingerprint density at radius 2 is 1.85 bits per heavy atom. The number of benzene rings is 2. The van der Waals surface area contributed by atoms with E-state index < -0.39 is 28.0 Å². The third-order valence-electron chi connectivity index (χ3n) is 6.30. The number of sulfone groups is 1. The van der Waals surface area contributed by atoms with Gasteiger partial charge in [0, 0.05) is 28.9 Å². The molecular weight excluding hydrogens is 479 g/mol. The van der Waals surface area contributed by atoms with Crippen LogP contribution in [-0.4, -0.2) is 38.9 Å². The molecule has 5 nitrogen and oxygen atoms in total. The van der Waals surface area contributed by atoms with Crippen LogP contribution in [0, 0.1) is 0 Å². The van der Waals surface area contributed by atoms with E-state index in [0.29, 0.717) is 10.7 Å². The molecular formula is C23H23ClF3NO4S. The van der Waals surface area contributed by atoms with Gasteiger partial charge in [-0.15, -0.1) is 0 Å². The van der Waals surface area contributed by atoms with Gasteiger partial charge in [-0.3, -0.25) is 4.79 Å². The highest BCUT2D eigenvalue weighted by Crippen LogP contribution is 2.49. The first kappa shape index (κ1) is 23.9. The number of fused-ring (bicyclic) bond motifs is 3. The summed E-state index contributed by atoms with van der Waals surface area (Å²) in [4.78, 5) is 15.2. The number of amides is 1. The van der Waals surface area contributed by atoms with Crippen LogP contribution in [0.25, 0.3) is 0 Å². The number of rotatable bonds is 4. The van der Waals surface area contributed by atoms with Crippen LogP contribution >= 0.6 is 11.6 Å². The van der Waals surface area contributed by atoms with Crippen LogP contribution < -0.4 is 9.64 Å². The molecule has 0 saturated heterocycles. The van der Waals surface area contributed by atoms with Crippen LogP contribution in [0.15, 0.2) is 41.3 Å². The second kappa shape index (κ2) is 8.51. The summed E-state index contributed by atoms with van der Waals surface area (Å²) in [7, 11) is -3.71. The first-order chi connectivity index (χ1) is 15.4. The summed E-state index contributed by atoms with van der Waals surface area (Å²) in [6.45, 7) is 0.836. The average molecular weight is 502 g/mol. The van der Waals surface area contributed by atoms with E-state index in [2.05, 4.69) is 0 Å². The minimum absolute atomic E-state index is 0.0629. The molecule has 2 aromatic rings. The predicted molar refractivity (Wildman–Crippen MR) is 119 cm³/mol. The van der Waals surface area contributed by atoms with E-state index in [1.54, 1.807) is 17.0 Å². The molecule has 2 aliphatic rings. The minimum Gasteiger partial charge on any atom is -0.480 e. The van der Waals surface area contributed by atoms with Crippen LogP contribution in [0.3, 0.4) is 0 Å². The van der Waals surface area contributed by atoms with Crippen molar-refractivity contribution in [2.75, 3.05) is 11.2 Å². The molecule has 2 aromatic carbocycles. The summed E-state index contributed by atoms with van der Waals surface area (Å²) in [5, 5.41) is 0.537. The zero-order chi connectivity index (χ0) is 24.1. The molecule has 1 aliphatic heterocycles. The summed E-state index contributed by atoms with van der Waals surface area (Å²) in [5.41, 5.74) is 1.34. The SMILES string of the molecule is C[C@H](Oc1ccc(S(C)(=O)=O)cc1C(=O)N1c2ccc(Cl)cc2C2CCCCC21)C(F)(F)F. The fourth-order valence-corrected chi connectivity index (χ4v) is 5.49. The highest BCUT2D eigenvalue weighted by Gasteiger charge is 2.44. The molecule has 1 aliphatic carbocycles. The summed E-state index contributed by atoms with van der Waals surface area (Å²) in [6, 6.07) is 8.38. The molecule has 0 bridgehead atoms. The lowest BCUT2D eigenvalue weighted by Gasteiger charge is -2.32. The molecule has 1 fully saturated rings. The predicted octanol–water partition coefficient (Wildman–Crippen LogP) is 5.76. The van der Waals surface area contributed by atoms with Crippen molar-refractivity contribution >= 4 is 33.0 Å². The van der Waals surface area contributed by atoms with Gasteiger partial charge in [-0.2, -0.15) is 13.2 Å². The normalized spacial score (nSPS) is 21.3. The number of nitrogens with zero attached hydrogens (tertiary/aromatic N) is 1. The number of carbonyl (C=O) groups excluding carboxylic acids is 1. The van der Waals surface area contributed by atoms with E-state index in [0.717, 1.165) is 62.6 Å². The lowest BCUT2D eigenvalue weighted by atomic mass is 9.82. The van der Waals surface area contributed by atoms with Gasteiger partial charge in [0.15, 0.2) is 15.9 Å². The Morgan fingerprint density at radius 3 is 2.52 bits per heavy atom. The lowest BCUT2D eigenvalue weighted by molar-refractivity contribution is -0.189. The summed E-state index contributed by atoms with van der Waals surface area (Å²) >= 11 is 6.20. The maximum absolute atomic E-state index is 13.8. The molecule has 1 heterocycles. The van der Waals surface area contributed by atoms with Crippen molar-refractivity contribution in [1.82, 2.24) is 0 Å². The van der Waals surface area contributed by atoms with Gasteiger partial charge < -0.3 is 9.64 Å². The average Bonchev–Trinajstić information content (AvgIpc) is 3.05. The largest absolute Gasteiger partial charge is 0.480 e. The van der Waals surface area contributed by atoms with Crippen molar-refractivity contribution < 1.29 is 31.1 Å². The van der Waals surface area contributed by atoms with Gasteiger partial charge in [0.25, 0.3) is 5.91 Å². The van der Waals surface area contributed by atoms with E-state index >= 15 is 0 Å². The molecule has 10 heteroatoms. The maximum Gasteiger partial charge on any atom is 0.425 e. The quantitative estimate of drug-likeness (QED) is 0.534. The molecule has 0 aromatic heterocycles. The molecule has 178 valence electrons. The standard InChI is InChI=1S/C23H23ClF3NO4S/c1-13(23(25,26)27)32-21-10-8-15(33(2,30)31)12-18(21)22(29)28-19-6-4-3-5-16(19)17-11-14(24)7-9-20(17)28/h7-13,16,19H,3-6H2,1-2H3/t13-,16?,19?/m0/s1. The topological polar surface area (TPSA) is 63.7 Å². The molecule has 4 rings (SSSR count). The Bertz CT molecular complexity index is 1200. The van der Waals surface area contributed by atoms with Crippen LogP contribution in [0.4, 0.5) is 18.9 Å². The molecule has 3 atom stereocenters. The summed E-state index contributed by atoms with van der Waals surface area (Å²) < 4.78 is 68.9. The zero-order valence-corrected chi connectivity index (χ0v) is 19.6. The first-order valence-electron chi connectivity index (χ1n) is 10.6.